The zero-order valence-corrected chi connectivity index (χ0v) is 13.9. The van der Waals surface area contributed by atoms with E-state index in [2.05, 4.69) is 4.90 Å². The van der Waals surface area contributed by atoms with Gasteiger partial charge in [-0.05, 0) is 24.8 Å². The largest absolute Gasteiger partial charge is 0.504 e. The van der Waals surface area contributed by atoms with Gasteiger partial charge in [-0.15, -0.1) is 0 Å². The van der Waals surface area contributed by atoms with Crippen LogP contribution < -0.4 is 4.74 Å². The van der Waals surface area contributed by atoms with Gasteiger partial charge in [-0.25, -0.2) is 0 Å². The highest BCUT2D eigenvalue weighted by Gasteiger charge is 2.62. The van der Waals surface area contributed by atoms with Crippen molar-refractivity contribution in [2.75, 3.05) is 27.8 Å². The van der Waals surface area contributed by atoms with Crippen LogP contribution in [0.2, 0.25) is 0 Å². The minimum Gasteiger partial charge on any atom is -0.504 e. The number of aromatic hydroxyl groups is 1. The lowest BCUT2D eigenvalue weighted by atomic mass is 9.59. The monoisotopic (exact) mass is 331 g/mol. The van der Waals surface area contributed by atoms with Crippen LogP contribution in [-0.4, -0.2) is 54.8 Å². The van der Waals surface area contributed by atoms with E-state index in [1.165, 1.54) is 14.2 Å². The fourth-order valence-corrected chi connectivity index (χ4v) is 4.98. The lowest BCUT2D eigenvalue weighted by Gasteiger charge is -2.44. The summed E-state index contributed by atoms with van der Waals surface area (Å²) in [6, 6.07) is 3.31. The Kier molecular flexibility index (Phi) is 3.21. The average Bonchev–Trinajstić information content (AvgIpc) is 2.79. The molecule has 4 rings (SSSR count). The second-order valence-corrected chi connectivity index (χ2v) is 6.95. The summed E-state index contributed by atoms with van der Waals surface area (Å²) in [6.07, 6.45) is 1.33. The topological polar surface area (TPSA) is 79.2 Å². The number of hydrogen-bond donors (Lipinski definition) is 2. The van der Waals surface area contributed by atoms with E-state index in [9.17, 15) is 15.0 Å². The first-order chi connectivity index (χ1) is 11.4. The third-order valence-electron chi connectivity index (χ3n) is 5.88. The molecule has 0 saturated carbocycles. The summed E-state index contributed by atoms with van der Waals surface area (Å²) in [5.74, 6) is 0.544. The third-order valence-corrected chi connectivity index (χ3v) is 5.88. The van der Waals surface area contributed by atoms with Gasteiger partial charge in [-0.2, -0.15) is 0 Å². The highest BCUT2D eigenvalue weighted by atomic mass is 16.5. The maximum absolute atomic E-state index is 12.5. The molecule has 3 aliphatic rings. The van der Waals surface area contributed by atoms with Crippen LogP contribution in [0.4, 0.5) is 0 Å². The zero-order chi connectivity index (χ0) is 17.2. The molecule has 24 heavy (non-hydrogen) atoms. The van der Waals surface area contributed by atoms with E-state index in [0.717, 1.165) is 0 Å². The molecule has 1 saturated heterocycles. The number of hydrogen-bond acceptors (Lipinski definition) is 6. The number of likely N-dealkylation sites (tertiary alicyclic amines) is 1. The molecule has 0 aromatic heterocycles. The molecule has 2 aliphatic carbocycles. The Bertz CT molecular complexity index is 758. The Balaban J connectivity index is 2.01. The molecule has 4 atom stereocenters. The van der Waals surface area contributed by atoms with Gasteiger partial charge in [0, 0.05) is 35.9 Å². The number of fused-ring (bicyclic) bond motifs is 1. The number of rotatable bonds is 2. The molecular weight excluding hydrogens is 310 g/mol. The Labute approximate surface area is 140 Å². The molecule has 128 valence electrons. The molecule has 0 amide bonds. The molecule has 0 radical (unpaired) electrons. The summed E-state index contributed by atoms with van der Waals surface area (Å²) in [7, 11) is 4.92. The van der Waals surface area contributed by atoms with Crippen LogP contribution in [0.25, 0.3) is 0 Å². The maximum Gasteiger partial charge on any atom is 0.197 e. The van der Waals surface area contributed by atoms with E-state index in [-0.39, 0.29) is 29.9 Å². The fourth-order valence-electron chi connectivity index (χ4n) is 4.98. The van der Waals surface area contributed by atoms with Crippen LogP contribution in [-0.2, 0) is 14.9 Å². The second kappa shape index (κ2) is 4.97. The van der Waals surface area contributed by atoms with Crippen molar-refractivity contribution in [2.24, 2.45) is 5.92 Å². The lowest BCUT2D eigenvalue weighted by Crippen LogP contribution is -2.47. The predicted molar refractivity (Wildman–Crippen MR) is 85.9 cm³/mol. The first-order valence-electron chi connectivity index (χ1n) is 8.02. The van der Waals surface area contributed by atoms with Gasteiger partial charge in [0.05, 0.1) is 20.3 Å². The van der Waals surface area contributed by atoms with Crippen molar-refractivity contribution in [3.63, 3.8) is 0 Å². The molecule has 1 aromatic carbocycles. The number of phenols is 1. The number of phenolic OH excluding ortho intramolecular Hbond substituents is 1. The highest BCUT2D eigenvalue weighted by molar-refractivity contribution is 5.96. The van der Waals surface area contributed by atoms with E-state index in [4.69, 9.17) is 9.47 Å². The molecule has 6 nitrogen and oxygen atoms in total. The van der Waals surface area contributed by atoms with E-state index >= 15 is 0 Å². The zero-order valence-electron chi connectivity index (χ0n) is 13.9. The van der Waals surface area contributed by atoms with Crippen LogP contribution in [0.15, 0.2) is 24.0 Å². The first-order valence-corrected chi connectivity index (χ1v) is 8.02. The van der Waals surface area contributed by atoms with Gasteiger partial charge in [0.25, 0.3) is 0 Å². The number of ether oxygens (including phenoxy) is 2. The van der Waals surface area contributed by atoms with Gasteiger partial charge in [-0.3, -0.25) is 9.69 Å². The number of carbonyl (C=O) groups is 1. The molecule has 0 spiro atoms. The number of aliphatic hydroxyl groups is 1. The maximum atomic E-state index is 12.5. The standard InChI is InChI=1S/C18H21NO5/c1-19-8-18-7-11(20)13(24-3)6-10(18)15(19)16(21)9-4-5-12(23-2)17(22)14(9)18/h4-6,10,15-16,21-22H,7-8H2,1-3H3/t10?,15-,16-,18+/m1/s1. The van der Waals surface area contributed by atoms with E-state index < -0.39 is 11.5 Å². The minimum atomic E-state index is -0.745. The number of nitrogens with zero attached hydrogens (tertiary/aromatic N) is 1. The van der Waals surface area contributed by atoms with Crippen LogP contribution >= 0.6 is 0 Å². The first kappa shape index (κ1) is 15.5. The van der Waals surface area contributed by atoms with Crippen LogP contribution in [0.1, 0.15) is 23.7 Å². The number of benzene rings is 1. The molecular formula is C18H21NO5. The molecule has 2 N–H and O–H groups in total. The average molecular weight is 331 g/mol. The Hall–Kier alpha value is -2.05. The summed E-state index contributed by atoms with van der Waals surface area (Å²) < 4.78 is 10.5. The van der Waals surface area contributed by atoms with Crippen molar-refractivity contribution >= 4 is 5.78 Å². The molecule has 1 unspecified atom stereocenters. The molecule has 6 heteroatoms. The van der Waals surface area contributed by atoms with Crippen molar-refractivity contribution < 1.29 is 24.5 Å². The Morgan fingerprint density at radius 3 is 2.71 bits per heavy atom. The molecule has 1 aliphatic heterocycles. The number of Topliss-reactive ketones (excluding diaryl/α,β-unsaturated/α-hetero) is 1. The summed E-state index contributed by atoms with van der Waals surface area (Å²) >= 11 is 0. The SMILES string of the molecule is COC1=CC2[C@@H]3[C@H](O)c4ccc(OC)c(O)c4[C@@]2(CC1=O)CN3C. The van der Waals surface area contributed by atoms with Crippen molar-refractivity contribution in [1.29, 1.82) is 0 Å². The third kappa shape index (κ3) is 1.70. The quantitative estimate of drug-likeness (QED) is 0.845. The van der Waals surface area contributed by atoms with Gasteiger partial charge in [0.1, 0.15) is 0 Å². The normalized spacial score (nSPS) is 34.4. The molecule has 2 bridgehead atoms. The summed E-state index contributed by atoms with van der Waals surface area (Å²) in [5.41, 5.74) is 0.756. The second-order valence-electron chi connectivity index (χ2n) is 6.95. The number of likely N-dealkylation sites (N-methyl/N-ethyl adjacent to an activating group) is 1. The molecule has 1 aromatic rings. The van der Waals surface area contributed by atoms with Crippen LogP contribution in [0.3, 0.4) is 0 Å². The van der Waals surface area contributed by atoms with Gasteiger partial charge in [-0.1, -0.05) is 6.07 Å². The van der Waals surface area contributed by atoms with E-state index in [0.29, 0.717) is 29.2 Å². The smallest absolute Gasteiger partial charge is 0.197 e. The summed E-state index contributed by atoms with van der Waals surface area (Å²) in [6.45, 7) is 0.590. The number of carbonyl (C=O) groups excluding carboxylic acids is 1. The highest BCUT2D eigenvalue weighted by Crippen LogP contribution is 2.60. The van der Waals surface area contributed by atoms with Gasteiger partial charge in [0.15, 0.2) is 23.0 Å². The summed E-state index contributed by atoms with van der Waals surface area (Å²) in [4.78, 5) is 14.6. The lowest BCUT2D eigenvalue weighted by molar-refractivity contribution is -0.121. The van der Waals surface area contributed by atoms with E-state index in [1.54, 1.807) is 12.1 Å². The molecule has 1 heterocycles. The summed E-state index contributed by atoms with van der Waals surface area (Å²) in [5, 5.41) is 21.7. The number of allylic oxidation sites excluding steroid dienone is 1. The minimum absolute atomic E-state index is 0.0230. The number of aliphatic hydroxyl groups excluding tert-OH is 1. The van der Waals surface area contributed by atoms with Crippen molar-refractivity contribution in [3.8, 4) is 11.5 Å². The predicted octanol–water partition coefficient (Wildman–Crippen LogP) is 1.12. The molecule has 1 fully saturated rings. The van der Waals surface area contributed by atoms with Gasteiger partial charge >= 0.3 is 0 Å². The van der Waals surface area contributed by atoms with Crippen LogP contribution in [0.5, 0.6) is 11.5 Å². The number of methoxy groups -OCH3 is 2. The van der Waals surface area contributed by atoms with Gasteiger partial charge < -0.3 is 19.7 Å². The Morgan fingerprint density at radius 1 is 1.29 bits per heavy atom. The van der Waals surface area contributed by atoms with E-state index in [1.807, 2.05) is 13.1 Å². The number of ketones is 1. The fraction of sp³-hybridized carbons (Fsp3) is 0.500. The van der Waals surface area contributed by atoms with Crippen molar-refractivity contribution in [1.82, 2.24) is 4.90 Å². The van der Waals surface area contributed by atoms with Crippen molar-refractivity contribution in [3.05, 3.63) is 35.1 Å². The Morgan fingerprint density at radius 2 is 2.04 bits per heavy atom. The van der Waals surface area contributed by atoms with Crippen molar-refractivity contribution in [2.45, 2.75) is 24.0 Å². The van der Waals surface area contributed by atoms with Gasteiger partial charge in [0.2, 0.25) is 0 Å². The van der Waals surface area contributed by atoms with Crippen LogP contribution in [0, 0.1) is 5.92 Å².